The summed E-state index contributed by atoms with van der Waals surface area (Å²) in [7, 11) is 0. The van der Waals surface area contributed by atoms with Crippen LogP contribution in [-0.2, 0) is 9.59 Å². The second kappa shape index (κ2) is 4.70. The van der Waals surface area contributed by atoms with Crippen molar-refractivity contribution in [2.75, 3.05) is 13.1 Å². The van der Waals surface area contributed by atoms with Crippen molar-refractivity contribution in [3.63, 3.8) is 0 Å². The van der Waals surface area contributed by atoms with Crippen LogP contribution in [0.1, 0.15) is 13.8 Å². The van der Waals surface area contributed by atoms with E-state index < -0.39 is 11.8 Å². The highest BCUT2D eigenvalue weighted by Gasteiger charge is 2.42. The van der Waals surface area contributed by atoms with E-state index in [0.29, 0.717) is 18.9 Å². The van der Waals surface area contributed by atoms with Gasteiger partial charge in [-0.15, -0.1) is 0 Å². The van der Waals surface area contributed by atoms with Gasteiger partial charge < -0.3 is 0 Å². The van der Waals surface area contributed by atoms with E-state index in [2.05, 4.69) is 9.98 Å². The van der Waals surface area contributed by atoms with Gasteiger partial charge in [-0.3, -0.25) is 19.4 Å². The predicted octanol–water partition coefficient (Wildman–Crippen LogP) is 1.11. The second-order valence-corrected chi connectivity index (χ2v) is 4.27. The van der Waals surface area contributed by atoms with Crippen molar-refractivity contribution in [3.05, 3.63) is 11.6 Å². The molecule has 2 rings (SSSR count). The van der Waals surface area contributed by atoms with Gasteiger partial charge >= 0.3 is 11.8 Å². The Labute approximate surface area is 114 Å². The van der Waals surface area contributed by atoms with Crippen molar-refractivity contribution in [2.24, 2.45) is 9.98 Å². The lowest BCUT2D eigenvalue weighted by Gasteiger charge is -2.19. The highest BCUT2D eigenvalue weighted by atomic mass is 35.5. The highest BCUT2D eigenvalue weighted by molar-refractivity contribution is 7.01. The first kappa shape index (κ1) is 13.0. The van der Waals surface area contributed by atoms with Gasteiger partial charge in [-0.05, 0) is 13.8 Å². The number of nitrogens with zero attached hydrogens (tertiary/aromatic N) is 4. The third kappa shape index (κ3) is 1.81. The minimum atomic E-state index is -0.591. The van der Waals surface area contributed by atoms with Crippen LogP contribution in [0, 0.1) is 0 Å². The van der Waals surface area contributed by atoms with Crippen molar-refractivity contribution in [2.45, 2.75) is 13.8 Å². The van der Waals surface area contributed by atoms with E-state index in [0.717, 1.165) is 0 Å². The topological polar surface area (TPSA) is 65.3 Å². The van der Waals surface area contributed by atoms with Crippen LogP contribution in [0.25, 0.3) is 0 Å². The zero-order chi connectivity index (χ0) is 13.4. The zero-order valence-electron chi connectivity index (χ0n) is 9.78. The molecule has 0 radical (unpaired) electrons. The van der Waals surface area contributed by atoms with Crippen molar-refractivity contribution >= 4 is 45.4 Å². The van der Waals surface area contributed by atoms with Crippen LogP contribution in [0.5, 0.6) is 0 Å². The molecule has 2 heterocycles. The van der Waals surface area contributed by atoms with Gasteiger partial charge in [0, 0.05) is 13.1 Å². The summed E-state index contributed by atoms with van der Waals surface area (Å²) in [5.74, 6) is -0.658. The fourth-order valence-electron chi connectivity index (χ4n) is 1.80. The zero-order valence-corrected chi connectivity index (χ0v) is 11.3. The van der Waals surface area contributed by atoms with Gasteiger partial charge in [-0.2, -0.15) is 0 Å². The van der Waals surface area contributed by atoms with Gasteiger partial charge in [0.15, 0.2) is 22.0 Å². The normalized spacial score (nSPS) is 20.0. The van der Waals surface area contributed by atoms with Crippen LogP contribution in [0.3, 0.4) is 0 Å². The summed E-state index contributed by atoms with van der Waals surface area (Å²) in [5.41, 5.74) is 0. The van der Waals surface area contributed by atoms with E-state index in [1.165, 1.54) is 9.80 Å². The molecule has 2 amide bonds. The van der Waals surface area contributed by atoms with E-state index >= 15 is 0 Å². The smallest absolute Gasteiger partial charge is 0.287 e. The highest BCUT2D eigenvalue weighted by Crippen LogP contribution is 2.28. The van der Waals surface area contributed by atoms with E-state index in [-0.39, 0.29) is 16.2 Å². The molecule has 0 unspecified atom stereocenters. The molecule has 0 aromatic rings. The standard InChI is InChI=1S/C10H10Cl2N4O2/c1-3-15-8(7-13-5(11)6(12)14-7)16(4-2)10(18)9(15)17/h3-4H2,1-2H3. The number of hydrogen-bond acceptors (Lipinski definition) is 4. The van der Waals surface area contributed by atoms with Crippen molar-refractivity contribution in [1.29, 1.82) is 0 Å². The average Bonchev–Trinajstić information content (AvgIpc) is 2.79. The Balaban J connectivity index is 2.57. The minimum absolute atomic E-state index is 0.0538. The summed E-state index contributed by atoms with van der Waals surface area (Å²) in [6.45, 7) is 4.22. The molecule has 2 aliphatic heterocycles. The molecule has 0 N–H and O–H groups in total. The van der Waals surface area contributed by atoms with Gasteiger partial charge in [0.25, 0.3) is 0 Å². The Bertz CT molecular complexity index is 480. The van der Waals surface area contributed by atoms with E-state index in [1.807, 2.05) is 0 Å². The molecule has 0 aromatic carbocycles. The first-order valence-electron chi connectivity index (χ1n) is 5.37. The predicted molar refractivity (Wildman–Crippen MR) is 68.4 cm³/mol. The van der Waals surface area contributed by atoms with Crippen molar-refractivity contribution < 1.29 is 9.59 Å². The molecule has 6 nitrogen and oxygen atoms in total. The van der Waals surface area contributed by atoms with Crippen LogP contribution < -0.4 is 0 Å². The number of aliphatic imine (C=N–C) groups is 2. The lowest BCUT2D eigenvalue weighted by atomic mass is 10.5. The molecule has 0 spiro atoms. The Morgan fingerprint density at radius 3 is 1.67 bits per heavy atom. The number of carbonyl (C=O) groups is 2. The molecule has 0 aromatic heterocycles. The van der Waals surface area contributed by atoms with Gasteiger partial charge in [0.1, 0.15) is 0 Å². The molecule has 1 fully saturated rings. The molecular formula is C10H10Cl2N4O2. The van der Waals surface area contributed by atoms with Crippen LogP contribution in [0.2, 0.25) is 0 Å². The van der Waals surface area contributed by atoms with Crippen LogP contribution in [0.4, 0.5) is 0 Å². The summed E-state index contributed by atoms with van der Waals surface area (Å²) in [4.78, 5) is 34.1. The SMILES string of the molecule is CCN1C(=O)C(=O)N(CC)C1=C1N=C(Cl)C(Cl)=N1. The number of hydrogen-bond donors (Lipinski definition) is 0. The molecule has 2 aliphatic rings. The lowest BCUT2D eigenvalue weighted by molar-refractivity contribution is -0.143. The van der Waals surface area contributed by atoms with E-state index in [4.69, 9.17) is 23.2 Å². The number of likely N-dealkylation sites (N-methyl/N-ethyl adjacent to an activating group) is 2. The second-order valence-electron chi connectivity index (χ2n) is 3.55. The maximum Gasteiger partial charge on any atom is 0.318 e. The summed E-state index contributed by atoms with van der Waals surface area (Å²) in [6.07, 6.45) is 0. The fraction of sp³-hybridized carbons (Fsp3) is 0.400. The first-order valence-corrected chi connectivity index (χ1v) is 6.13. The van der Waals surface area contributed by atoms with Crippen molar-refractivity contribution in [3.8, 4) is 0 Å². The third-order valence-electron chi connectivity index (χ3n) is 2.60. The number of carbonyl (C=O) groups excluding carboxylic acids is 2. The van der Waals surface area contributed by atoms with E-state index in [9.17, 15) is 9.59 Å². The molecule has 0 atom stereocenters. The Morgan fingerprint density at radius 2 is 1.33 bits per heavy atom. The minimum Gasteiger partial charge on any atom is -0.287 e. The molecular weight excluding hydrogens is 279 g/mol. The molecule has 0 bridgehead atoms. The van der Waals surface area contributed by atoms with Crippen LogP contribution in [-0.4, -0.2) is 45.0 Å². The number of amides is 2. The summed E-state index contributed by atoms with van der Waals surface area (Å²) < 4.78 is 0. The summed E-state index contributed by atoms with van der Waals surface area (Å²) >= 11 is 11.5. The molecule has 0 saturated carbocycles. The quantitative estimate of drug-likeness (QED) is 0.715. The molecule has 1 saturated heterocycles. The molecule has 96 valence electrons. The maximum absolute atomic E-state index is 11.8. The fourth-order valence-corrected chi connectivity index (χ4v) is 2.04. The Morgan fingerprint density at radius 1 is 0.944 bits per heavy atom. The first-order chi connectivity index (χ1) is 8.51. The van der Waals surface area contributed by atoms with E-state index in [1.54, 1.807) is 13.8 Å². The molecule has 8 heteroatoms. The third-order valence-corrected chi connectivity index (χ3v) is 3.22. The summed E-state index contributed by atoms with van der Waals surface area (Å²) in [6, 6.07) is 0. The van der Waals surface area contributed by atoms with Crippen molar-refractivity contribution in [1.82, 2.24) is 9.80 Å². The molecule has 18 heavy (non-hydrogen) atoms. The maximum atomic E-state index is 11.8. The Hall–Kier alpha value is -1.40. The largest absolute Gasteiger partial charge is 0.318 e. The van der Waals surface area contributed by atoms with Gasteiger partial charge in [0.05, 0.1) is 0 Å². The average molecular weight is 289 g/mol. The monoisotopic (exact) mass is 288 g/mol. The van der Waals surface area contributed by atoms with Gasteiger partial charge in [0.2, 0.25) is 0 Å². The Kier molecular flexibility index (Phi) is 3.41. The van der Waals surface area contributed by atoms with Gasteiger partial charge in [-0.1, -0.05) is 23.2 Å². The van der Waals surface area contributed by atoms with Crippen LogP contribution in [0.15, 0.2) is 21.6 Å². The summed E-state index contributed by atoms with van der Waals surface area (Å²) in [5, 5.41) is 0.108. The number of halogens is 2. The number of rotatable bonds is 2. The van der Waals surface area contributed by atoms with Gasteiger partial charge in [-0.25, -0.2) is 9.98 Å². The molecule has 0 aliphatic carbocycles. The lowest BCUT2D eigenvalue weighted by Crippen LogP contribution is -2.26. The van der Waals surface area contributed by atoms with Crippen LogP contribution >= 0.6 is 23.2 Å².